The zero-order valence-electron chi connectivity index (χ0n) is 10.8. The van der Waals surface area contributed by atoms with Gasteiger partial charge in [-0.25, -0.2) is 0 Å². The summed E-state index contributed by atoms with van der Waals surface area (Å²) >= 11 is 0. The van der Waals surface area contributed by atoms with Crippen LogP contribution in [-0.2, 0) is 0 Å². The first-order valence-electron chi connectivity index (χ1n) is 7.24. The number of nitrogens with zero attached hydrogens (tertiary/aromatic N) is 2. The summed E-state index contributed by atoms with van der Waals surface area (Å²) < 4.78 is 0. The summed E-state index contributed by atoms with van der Waals surface area (Å²) in [6, 6.07) is 3.50. The molecule has 2 aliphatic rings. The SMILES string of the molecule is N#CCC1CN(C2CCCCCC2)CCCN1. The van der Waals surface area contributed by atoms with Crippen molar-refractivity contribution in [3.63, 3.8) is 0 Å². The normalized spacial score (nSPS) is 29.2. The Morgan fingerprint density at radius 1 is 1.12 bits per heavy atom. The van der Waals surface area contributed by atoms with Gasteiger partial charge in [0.05, 0.1) is 12.5 Å². The fourth-order valence-electron chi connectivity index (χ4n) is 3.23. The van der Waals surface area contributed by atoms with Gasteiger partial charge in [-0.15, -0.1) is 0 Å². The Hall–Kier alpha value is -0.590. The second kappa shape index (κ2) is 6.98. The molecule has 0 amide bonds. The molecule has 0 radical (unpaired) electrons. The summed E-state index contributed by atoms with van der Waals surface area (Å²) in [6.07, 6.45) is 10.3. The highest BCUT2D eigenvalue weighted by molar-refractivity contribution is 4.87. The molecule has 96 valence electrons. The van der Waals surface area contributed by atoms with Crippen LogP contribution in [0.15, 0.2) is 0 Å². The van der Waals surface area contributed by atoms with Gasteiger partial charge in [-0.2, -0.15) is 5.26 Å². The Morgan fingerprint density at radius 3 is 2.59 bits per heavy atom. The monoisotopic (exact) mass is 235 g/mol. The van der Waals surface area contributed by atoms with Gasteiger partial charge in [-0.3, -0.25) is 4.90 Å². The molecule has 0 aromatic carbocycles. The Kier molecular flexibility index (Phi) is 5.28. The van der Waals surface area contributed by atoms with Gasteiger partial charge in [0.15, 0.2) is 0 Å². The first-order chi connectivity index (χ1) is 8.40. The summed E-state index contributed by atoms with van der Waals surface area (Å²) in [7, 11) is 0. The molecule has 0 aromatic rings. The van der Waals surface area contributed by atoms with E-state index in [0.29, 0.717) is 12.5 Å². The van der Waals surface area contributed by atoms with Crippen LogP contribution in [0.5, 0.6) is 0 Å². The molecule has 1 saturated heterocycles. The molecular weight excluding hydrogens is 210 g/mol. The third-order valence-corrected chi connectivity index (χ3v) is 4.19. The Labute approximate surface area is 105 Å². The van der Waals surface area contributed by atoms with E-state index in [9.17, 15) is 0 Å². The van der Waals surface area contributed by atoms with E-state index in [2.05, 4.69) is 16.3 Å². The van der Waals surface area contributed by atoms with E-state index in [1.807, 2.05) is 0 Å². The lowest BCUT2D eigenvalue weighted by Gasteiger charge is -2.31. The van der Waals surface area contributed by atoms with E-state index >= 15 is 0 Å². The van der Waals surface area contributed by atoms with E-state index in [-0.39, 0.29) is 0 Å². The average molecular weight is 235 g/mol. The van der Waals surface area contributed by atoms with Crippen LogP contribution < -0.4 is 5.32 Å². The van der Waals surface area contributed by atoms with Gasteiger partial charge in [0.1, 0.15) is 0 Å². The van der Waals surface area contributed by atoms with Crippen molar-refractivity contribution in [2.75, 3.05) is 19.6 Å². The molecule has 2 fully saturated rings. The molecule has 1 saturated carbocycles. The van der Waals surface area contributed by atoms with Crippen LogP contribution in [0.2, 0.25) is 0 Å². The molecule has 1 heterocycles. The molecule has 0 bridgehead atoms. The maximum Gasteiger partial charge on any atom is 0.0638 e. The number of nitrogens with one attached hydrogen (secondary N) is 1. The minimum absolute atomic E-state index is 0.394. The number of rotatable bonds is 2. The third kappa shape index (κ3) is 3.97. The highest BCUT2D eigenvalue weighted by Gasteiger charge is 2.24. The highest BCUT2D eigenvalue weighted by Crippen LogP contribution is 2.23. The van der Waals surface area contributed by atoms with Crippen molar-refractivity contribution in [2.24, 2.45) is 0 Å². The first kappa shape index (κ1) is 12.9. The summed E-state index contributed by atoms with van der Waals surface area (Å²) in [5, 5.41) is 12.3. The highest BCUT2D eigenvalue weighted by atomic mass is 15.2. The van der Waals surface area contributed by atoms with Crippen molar-refractivity contribution in [1.29, 1.82) is 5.26 Å². The average Bonchev–Trinajstić information content (AvgIpc) is 2.71. The molecule has 1 unspecified atom stereocenters. The van der Waals surface area contributed by atoms with E-state index in [0.717, 1.165) is 19.1 Å². The van der Waals surface area contributed by atoms with Crippen LogP contribution in [0, 0.1) is 11.3 Å². The molecule has 1 aliphatic carbocycles. The molecule has 1 atom stereocenters. The van der Waals surface area contributed by atoms with Crippen LogP contribution >= 0.6 is 0 Å². The fourth-order valence-corrected chi connectivity index (χ4v) is 3.23. The summed E-state index contributed by atoms with van der Waals surface area (Å²) in [4.78, 5) is 2.66. The van der Waals surface area contributed by atoms with Gasteiger partial charge in [0.2, 0.25) is 0 Å². The zero-order chi connectivity index (χ0) is 11.9. The van der Waals surface area contributed by atoms with E-state index in [1.54, 1.807) is 0 Å². The molecule has 2 rings (SSSR count). The van der Waals surface area contributed by atoms with E-state index in [1.165, 1.54) is 51.5 Å². The lowest BCUT2D eigenvalue weighted by Crippen LogP contribution is -2.42. The number of hydrogen-bond donors (Lipinski definition) is 1. The molecule has 0 spiro atoms. The molecule has 3 nitrogen and oxygen atoms in total. The zero-order valence-corrected chi connectivity index (χ0v) is 10.8. The van der Waals surface area contributed by atoms with Crippen LogP contribution in [0.25, 0.3) is 0 Å². The molecule has 3 heteroatoms. The topological polar surface area (TPSA) is 39.1 Å². The predicted molar refractivity (Wildman–Crippen MR) is 69.7 cm³/mol. The van der Waals surface area contributed by atoms with Crippen molar-refractivity contribution in [3.8, 4) is 6.07 Å². The maximum absolute atomic E-state index is 8.84. The minimum Gasteiger partial charge on any atom is -0.312 e. The Morgan fingerprint density at radius 2 is 1.88 bits per heavy atom. The van der Waals surface area contributed by atoms with Crippen LogP contribution in [0.3, 0.4) is 0 Å². The van der Waals surface area contributed by atoms with Crippen molar-refractivity contribution in [1.82, 2.24) is 10.2 Å². The second-order valence-electron chi connectivity index (χ2n) is 5.51. The molecule has 0 aromatic heterocycles. The molecule has 17 heavy (non-hydrogen) atoms. The van der Waals surface area contributed by atoms with Crippen molar-refractivity contribution < 1.29 is 0 Å². The lowest BCUT2D eigenvalue weighted by molar-refractivity contribution is 0.176. The van der Waals surface area contributed by atoms with Gasteiger partial charge in [-0.1, -0.05) is 25.7 Å². The van der Waals surface area contributed by atoms with Crippen LogP contribution in [0.1, 0.15) is 51.4 Å². The second-order valence-corrected chi connectivity index (χ2v) is 5.51. The van der Waals surface area contributed by atoms with E-state index in [4.69, 9.17) is 5.26 Å². The number of nitriles is 1. The van der Waals surface area contributed by atoms with Gasteiger partial charge in [-0.05, 0) is 32.4 Å². The summed E-state index contributed by atoms with van der Waals surface area (Å²) in [5.41, 5.74) is 0. The van der Waals surface area contributed by atoms with Gasteiger partial charge >= 0.3 is 0 Å². The Balaban J connectivity index is 1.90. The van der Waals surface area contributed by atoms with Gasteiger partial charge < -0.3 is 5.32 Å². The maximum atomic E-state index is 8.84. The van der Waals surface area contributed by atoms with Crippen LogP contribution in [0.4, 0.5) is 0 Å². The molecular formula is C14H25N3. The van der Waals surface area contributed by atoms with Crippen molar-refractivity contribution in [2.45, 2.75) is 63.5 Å². The van der Waals surface area contributed by atoms with Crippen molar-refractivity contribution in [3.05, 3.63) is 0 Å². The Bertz CT molecular complexity index is 251. The van der Waals surface area contributed by atoms with Gasteiger partial charge in [0, 0.05) is 18.6 Å². The summed E-state index contributed by atoms with van der Waals surface area (Å²) in [5.74, 6) is 0. The fraction of sp³-hybridized carbons (Fsp3) is 0.929. The third-order valence-electron chi connectivity index (χ3n) is 4.19. The minimum atomic E-state index is 0.394. The molecule has 1 N–H and O–H groups in total. The van der Waals surface area contributed by atoms with Gasteiger partial charge in [0.25, 0.3) is 0 Å². The standard InChI is InChI=1S/C14H25N3/c15-9-8-13-12-17(11-5-10-16-13)14-6-3-1-2-4-7-14/h13-14,16H,1-8,10-12H2. The predicted octanol–water partition coefficient (Wildman–Crippen LogP) is 2.29. The summed E-state index contributed by atoms with van der Waals surface area (Å²) in [6.45, 7) is 3.38. The number of hydrogen-bond acceptors (Lipinski definition) is 3. The van der Waals surface area contributed by atoms with Crippen LogP contribution in [-0.4, -0.2) is 36.6 Å². The molecule has 1 aliphatic heterocycles. The smallest absolute Gasteiger partial charge is 0.0638 e. The first-order valence-corrected chi connectivity index (χ1v) is 7.24. The van der Waals surface area contributed by atoms with Crippen molar-refractivity contribution >= 4 is 0 Å². The lowest BCUT2D eigenvalue weighted by atomic mass is 10.1. The quantitative estimate of drug-likeness (QED) is 0.746. The van der Waals surface area contributed by atoms with E-state index < -0.39 is 0 Å². The largest absolute Gasteiger partial charge is 0.312 e.